The zero-order valence-corrected chi connectivity index (χ0v) is 13.4. The third-order valence-corrected chi connectivity index (χ3v) is 3.80. The number of fused-ring (bicyclic) bond motifs is 1. The molecule has 0 saturated carbocycles. The minimum Gasteiger partial charge on any atom is -0.350 e. The normalized spacial score (nSPS) is 13.1. The van der Waals surface area contributed by atoms with Gasteiger partial charge in [-0.2, -0.15) is 5.10 Å². The van der Waals surface area contributed by atoms with Gasteiger partial charge in [-0.15, -0.1) is 12.4 Å². The molecule has 1 aromatic carbocycles. The number of carbonyl (C=O) groups is 1. The highest BCUT2D eigenvalue weighted by molar-refractivity contribution is 5.94. The third kappa shape index (κ3) is 3.67. The number of aromatic nitrogens is 2. The summed E-state index contributed by atoms with van der Waals surface area (Å²) in [6, 6.07) is 8.35. The molecule has 2 heterocycles. The van der Waals surface area contributed by atoms with Gasteiger partial charge in [-0.05, 0) is 18.9 Å². The van der Waals surface area contributed by atoms with Crippen LogP contribution in [0.25, 0.3) is 0 Å². The van der Waals surface area contributed by atoms with Gasteiger partial charge in [-0.3, -0.25) is 9.89 Å². The quantitative estimate of drug-likeness (QED) is 0.804. The summed E-state index contributed by atoms with van der Waals surface area (Å²) in [6.45, 7) is 4.35. The SMILES string of the molecule is Cc1cccc(CCNC(=O)c2n[nH]c3c2CNCC3)c1.Cl. The predicted octanol–water partition coefficient (Wildman–Crippen LogP) is 1.76. The number of nitrogens with one attached hydrogen (secondary N) is 3. The topological polar surface area (TPSA) is 69.8 Å². The van der Waals surface area contributed by atoms with Crippen LogP contribution in [0.1, 0.15) is 32.9 Å². The predicted molar refractivity (Wildman–Crippen MR) is 88.5 cm³/mol. The molecule has 0 saturated heterocycles. The van der Waals surface area contributed by atoms with Gasteiger partial charge < -0.3 is 10.6 Å². The van der Waals surface area contributed by atoms with Gasteiger partial charge in [0.25, 0.3) is 5.91 Å². The van der Waals surface area contributed by atoms with E-state index in [9.17, 15) is 4.79 Å². The number of amides is 1. The number of aryl methyl sites for hydroxylation is 1. The number of H-pyrrole nitrogens is 1. The van der Waals surface area contributed by atoms with Gasteiger partial charge in [-0.25, -0.2) is 0 Å². The number of hydrogen-bond donors (Lipinski definition) is 3. The first-order chi connectivity index (χ1) is 10.2. The van der Waals surface area contributed by atoms with Crippen LogP contribution in [0.5, 0.6) is 0 Å². The van der Waals surface area contributed by atoms with Gasteiger partial charge in [0.1, 0.15) is 0 Å². The minimum absolute atomic E-state index is 0. The Hall–Kier alpha value is -1.85. The van der Waals surface area contributed by atoms with Crippen molar-refractivity contribution in [2.75, 3.05) is 13.1 Å². The molecular formula is C16H21ClN4O. The van der Waals surface area contributed by atoms with Gasteiger partial charge in [0.15, 0.2) is 5.69 Å². The Labute approximate surface area is 136 Å². The van der Waals surface area contributed by atoms with Crippen LogP contribution in [0.2, 0.25) is 0 Å². The summed E-state index contributed by atoms with van der Waals surface area (Å²) in [6.07, 6.45) is 1.73. The molecule has 0 unspecified atom stereocenters. The van der Waals surface area contributed by atoms with Gasteiger partial charge in [0, 0.05) is 37.3 Å². The van der Waals surface area contributed by atoms with Crippen LogP contribution in [0, 0.1) is 6.92 Å². The fourth-order valence-corrected chi connectivity index (χ4v) is 2.68. The van der Waals surface area contributed by atoms with Gasteiger partial charge >= 0.3 is 0 Å². The molecule has 0 atom stereocenters. The first kappa shape index (κ1) is 16.5. The average molecular weight is 321 g/mol. The number of aromatic amines is 1. The lowest BCUT2D eigenvalue weighted by molar-refractivity contribution is 0.0948. The summed E-state index contributed by atoms with van der Waals surface area (Å²) in [5.41, 5.74) is 5.10. The molecule has 22 heavy (non-hydrogen) atoms. The second-order valence-electron chi connectivity index (χ2n) is 5.45. The highest BCUT2D eigenvalue weighted by atomic mass is 35.5. The molecule has 3 rings (SSSR count). The number of halogens is 1. The van der Waals surface area contributed by atoms with Crippen molar-refractivity contribution < 1.29 is 4.79 Å². The number of benzene rings is 1. The number of rotatable bonds is 4. The van der Waals surface area contributed by atoms with Crippen molar-refractivity contribution in [2.24, 2.45) is 0 Å². The molecule has 3 N–H and O–H groups in total. The van der Waals surface area contributed by atoms with Crippen LogP contribution in [-0.2, 0) is 19.4 Å². The lowest BCUT2D eigenvalue weighted by Crippen LogP contribution is -2.29. The summed E-state index contributed by atoms with van der Waals surface area (Å²) in [5, 5.41) is 13.4. The summed E-state index contributed by atoms with van der Waals surface area (Å²) in [7, 11) is 0. The van der Waals surface area contributed by atoms with Crippen molar-refractivity contribution in [3.8, 4) is 0 Å². The highest BCUT2D eigenvalue weighted by Crippen LogP contribution is 2.15. The summed E-state index contributed by atoms with van der Waals surface area (Å²) < 4.78 is 0. The molecule has 1 aliphatic heterocycles. The fraction of sp³-hybridized carbons (Fsp3) is 0.375. The largest absolute Gasteiger partial charge is 0.350 e. The maximum absolute atomic E-state index is 12.2. The van der Waals surface area contributed by atoms with Crippen LogP contribution < -0.4 is 10.6 Å². The zero-order chi connectivity index (χ0) is 14.7. The van der Waals surface area contributed by atoms with E-state index in [0.29, 0.717) is 18.8 Å². The minimum atomic E-state index is -0.0937. The van der Waals surface area contributed by atoms with Crippen molar-refractivity contribution in [1.82, 2.24) is 20.8 Å². The molecule has 5 nitrogen and oxygen atoms in total. The first-order valence-corrected chi connectivity index (χ1v) is 7.34. The molecule has 2 aromatic rings. The lowest BCUT2D eigenvalue weighted by Gasteiger charge is -2.12. The molecule has 0 fully saturated rings. The standard InChI is InChI=1S/C16H20N4O.ClH/c1-11-3-2-4-12(9-11)5-8-18-16(21)15-13-10-17-7-6-14(13)19-20-15;/h2-4,9,17H,5-8,10H2,1H3,(H,18,21)(H,19,20);1H. The Morgan fingerprint density at radius 1 is 1.41 bits per heavy atom. The third-order valence-electron chi connectivity index (χ3n) is 3.80. The van der Waals surface area contributed by atoms with E-state index in [2.05, 4.69) is 46.0 Å². The molecule has 118 valence electrons. The fourth-order valence-electron chi connectivity index (χ4n) is 2.68. The summed E-state index contributed by atoms with van der Waals surface area (Å²) >= 11 is 0. The first-order valence-electron chi connectivity index (χ1n) is 7.34. The zero-order valence-electron chi connectivity index (χ0n) is 12.6. The molecule has 1 aliphatic rings. The van der Waals surface area contributed by atoms with E-state index in [1.165, 1.54) is 11.1 Å². The van der Waals surface area contributed by atoms with E-state index < -0.39 is 0 Å². The highest BCUT2D eigenvalue weighted by Gasteiger charge is 2.20. The number of hydrogen-bond acceptors (Lipinski definition) is 3. The van der Waals surface area contributed by atoms with Crippen molar-refractivity contribution in [3.63, 3.8) is 0 Å². The molecule has 1 aromatic heterocycles. The summed E-state index contributed by atoms with van der Waals surface area (Å²) in [4.78, 5) is 12.2. The molecule has 1 amide bonds. The van der Waals surface area contributed by atoms with E-state index in [1.54, 1.807) is 0 Å². The molecule has 6 heteroatoms. The van der Waals surface area contributed by atoms with E-state index >= 15 is 0 Å². The van der Waals surface area contributed by atoms with E-state index in [-0.39, 0.29) is 18.3 Å². The van der Waals surface area contributed by atoms with Crippen molar-refractivity contribution in [2.45, 2.75) is 26.3 Å². The van der Waals surface area contributed by atoms with Gasteiger partial charge in [-0.1, -0.05) is 29.8 Å². The van der Waals surface area contributed by atoms with E-state index in [0.717, 1.165) is 30.6 Å². The Bertz CT molecular complexity index is 653. The van der Waals surface area contributed by atoms with E-state index in [4.69, 9.17) is 0 Å². The Kier molecular flexibility index (Phi) is 5.57. The van der Waals surface area contributed by atoms with Crippen molar-refractivity contribution in [3.05, 3.63) is 52.3 Å². The van der Waals surface area contributed by atoms with Crippen LogP contribution in [-0.4, -0.2) is 29.2 Å². The maximum Gasteiger partial charge on any atom is 0.272 e. The maximum atomic E-state index is 12.2. The number of carbonyl (C=O) groups excluding carboxylic acids is 1. The van der Waals surface area contributed by atoms with Gasteiger partial charge in [0.2, 0.25) is 0 Å². The monoisotopic (exact) mass is 320 g/mol. The Morgan fingerprint density at radius 2 is 2.27 bits per heavy atom. The molecule has 0 bridgehead atoms. The second kappa shape index (κ2) is 7.42. The van der Waals surface area contributed by atoms with Crippen LogP contribution in [0.4, 0.5) is 0 Å². The number of nitrogens with zero attached hydrogens (tertiary/aromatic N) is 1. The molecule has 0 aliphatic carbocycles. The van der Waals surface area contributed by atoms with Crippen LogP contribution >= 0.6 is 12.4 Å². The molecule has 0 spiro atoms. The van der Waals surface area contributed by atoms with E-state index in [1.807, 2.05) is 6.07 Å². The Morgan fingerprint density at radius 3 is 3.09 bits per heavy atom. The van der Waals surface area contributed by atoms with Crippen LogP contribution in [0.3, 0.4) is 0 Å². The van der Waals surface area contributed by atoms with Crippen molar-refractivity contribution >= 4 is 18.3 Å². The smallest absolute Gasteiger partial charge is 0.272 e. The average Bonchev–Trinajstić information content (AvgIpc) is 2.91. The Balaban J connectivity index is 0.00000176. The summed E-state index contributed by atoms with van der Waals surface area (Å²) in [5.74, 6) is -0.0937. The van der Waals surface area contributed by atoms with Crippen LogP contribution in [0.15, 0.2) is 24.3 Å². The lowest BCUT2D eigenvalue weighted by atomic mass is 10.1. The molecular weight excluding hydrogens is 300 g/mol. The van der Waals surface area contributed by atoms with Gasteiger partial charge in [0.05, 0.1) is 0 Å². The molecule has 0 radical (unpaired) electrons. The second-order valence-corrected chi connectivity index (χ2v) is 5.45. The van der Waals surface area contributed by atoms with Crippen molar-refractivity contribution in [1.29, 1.82) is 0 Å².